The second kappa shape index (κ2) is 5.20. The van der Waals surface area contributed by atoms with Crippen LogP contribution in [0.1, 0.15) is 23.3 Å². The summed E-state index contributed by atoms with van der Waals surface area (Å²) in [6, 6.07) is 1.89. The summed E-state index contributed by atoms with van der Waals surface area (Å²) in [5, 5.41) is 0. The maximum Gasteiger partial charge on any atom is 0.273 e. The van der Waals surface area contributed by atoms with E-state index < -0.39 is 27.7 Å². The van der Waals surface area contributed by atoms with Crippen LogP contribution in [0.5, 0.6) is 0 Å². The van der Waals surface area contributed by atoms with Gasteiger partial charge in [-0.05, 0) is 25.0 Å². The third-order valence-electron chi connectivity index (χ3n) is 3.22. The number of amides is 2. The summed E-state index contributed by atoms with van der Waals surface area (Å²) in [4.78, 5) is 28.8. The van der Waals surface area contributed by atoms with Gasteiger partial charge in [-0.2, -0.15) is 0 Å². The van der Waals surface area contributed by atoms with Crippen LogP contribution in [0, 0.1) is 0 Å². The number of pyridine rings is 1. The smallest absolute Gasteiger partial charge is 0.273 e. The first-order chi connectivity index (χ1) is 9.30. The van der Waals surface area contributed by atoms with Crippen LogP contribution in [0.4, 0.5) is 0 Å². The van der Waals surface area contributed by atoms with Crippen LogP contribution in [-0.2, 0) is 14.6 Å². The molecule has 1 aliphatic heterocycles. The number of carbonyl (C=O) groups is 2. The summed E-state index contributed by atoms with van der Waals surface area (Å²) in [6.07, 6.45) is 3.52. The molecule has 2 rings (SSSR count). The van der Waals surface area contributed by atoms with Gasteiger partial charge in [-0.3, -0.25) is 14.6 Å². The molecule has 1 aliphatic rings. The highest BCUT2D eigenvalue weighted by molar-refractivity contribution is 7.90. The molecule has 0 radical (unpaired) electrons. The molecular weight excluding hydrogens is 282 g/mol. The van der Waals surface area contributed by atoms with E-state index in [0.717, 1.165) is 6.26 Å². The van der Waals surface area contributed by atoms with Gasteiger partial charge in [0.1, 0.15) is 11.7 Å². The Hall–Kier alpha value is -1.96. The number of likely N-dealkylation sites (tertiary alicyclic amines) is 1. The van der Waals surface area contributed by atoms with Crippen molar-refractivity contribution in [2.45, 2.75) is 23.8 Å². The molecule has 0 saturated carbocycles. The van der Waals surface area contributed by atoms with Crippen molar-refractivity contribution in [1.29, 1.82) is 0 Å². The average Bonchev–Trinajstić information content (AvgIpc) is 2.86. The van der Waals surface area contributed by atoms with E-state index in [2.05, 4.69) is 4.98 Å². The van der Waals surface area contributed by atoms with Gasteiger partial charge in [-0.1, -0.05) is 0 Å². The van der Waals surface area contributed by atoms with Crippen LogP contribution >= 0.6 is 0 Å². The number of sulfone groups is 1. The minimum absolute atomic E-state index is 0.000995. The molecule has 1 saturated heterocycles. The minimum atomic E-state index is -3.41. The molecule has 7 nitrogen and oxygen atoms in total. The molecule has 1 aromatic heterocycles. The highest BCUT2D eigenvalue weighted by Crippen LogP contribution is 2.20. The predicted molar refractivity (Wildman–Crippen MR) is 70.6 cm³/mol. The number of carbonyl (C=O) groups excluding carboxylic acids is 2. The Morgan fingerprint density at radius 2 is 2.15 bits per heavy atom. The van der Waals surface area contributed by atoms with Gasteiger partial charge in [0.25, 0.3) is 5.91 Å². The van der Waals surface area contributed by atoms with Crippen LogP contribution in [-0.4, -0.2) is 49.0 Å². The van der Waals surface area contributed by atoms with E-state index in [9.17, 15) is 18.0 Å². The molecule has 2 amide bonds. The van der Waals surface area contributed by atoms with Crippen molar-refractivity contribution >= 4 is 21.7 Å². The zero-order chi connectivity index (χ0) is 14.9. The Morgan fingerprint density at radius 3 is 2.75 bits per heavy atom. The Morgan fingerprint density at radius 1 is 1.45 bits per heavy atom. The molecule has 2 heterocycles. The van der Waals surface area contributed by atoms with Crippen LogP contribution in [0.2, 0.25) is 0 Å². The Bertz CT molecular complexity index is 656. The minimum Gasteiger partial charge on any atom is -0.368 e. The first-order valence-electron chi connectivity index (χ1n) is 6.07. The van der Waals surface area contributed by atoms with Gasteiger partial charge in [0.05, 0.1) is 4.90 Å². The zero-order valence-electron chi connectivity index (χ0n) is 10.9. The predicted octanol–water partition coefficient (Wildman–Crippen LogP) is -0.425. The zero-order valence-corrected chi connectivity index (χ0v) is 11.8. The van der Waals surface area contributed by atoms with E-state index >= 15 is 0 Å². The van der Waals surface area contributed by atoms with Gasteiger partial charge in [0, 0.05) is 19.0 Å². The number of nitrogens with zero attached hydrogens (tertiary/aromatic N) is 2. The van der Waals surface area contributed by atoms with Crippen molar-refractivity contribution in [2.75, 3.05) is 12.8 Å². The number of hydrogen-bond donors (Lipinski definition) is 1. The summed E-state index contributed by atoms with van der Waals surface area (Å²) >= 11 is 0. The van der Waals surface area contributed by atoms with Gasteiger partial charge in [-0.15, -0.1) is 0 Å². The standard InChI is InChI=1S/C12H15N3O4S/c1-20(18,19)8-4-5-14-9(7-8)12(17)15-6-2-3-10(15)11(13)16/h4-5,7,10H,2-3,6H2,1H3,(H2,13,16)/t10-/m1/s1. The molecule has 8 heteroatoms. The van der Waals surface area contributed by atoms with Gasteiger partial charge in [0.15, 0.2) is 9.84 Å². The lowest BCUT2D eigenvalue weighted by Crippen LogP contribution is -2.44. The van der Waals surface area contributed by atoms with E-state index in [4.69, 9.17) is 5.73 Å². The summed E-state index contributed by atoms with van der Waals surface area (Å²) < 4.78 is 22.9. The van der Waals surface area contributed by atoms with Crippen LogP contribution in [0.25, 0.3) is 0 Å². The largest absolute Gasteiger partial charge is 0.368 e. The maximum absolute atomic E-state index is 12.3. The second-order valence-corrected chi connectivity index (χ2v) is 6.72. The van der Waals surface area contributed by atoms with Gasteiger partial charge >= 0.3 is 0 Å². The van der Waals surface area contributed by atoms with Crippen molar-refractivity contribution < 1.29 is 18.0 Å². The van der Waals surface area contributed by atoms with Crippen molar-refractivity contribution in [3.05, 3.63) is 24.0 Å². The molecule has 1 aromatic rings. The van der Waals surface area contributed by atoms with Gasteiger partial charge in [0.2, 0.25) is 5.91 Å². The Balaban J connectivity index is 2.32. The van der Waals surface area contributed by atoms with Crippen molar-refractivity contribution in [3.63, 3.8) is 0 Å². The molecule has 0 spiro atoms. The number of primary amides is 1. The van der Waals surface area contributed by atoms with Gasteiger partial charge < -0.3 is 10.6 Å². The maximum atomic E-state index is 12.3. The van der Waals surface area contributed by atoms with Crippen molar-refractivity contribution in [3.8, 4) is 0 Å². The molecule has 0 aromatic carbocycles. The summed E-state index contributed by atoms with van der Waals surface area (Å²) in [5.74, 6) is -1.04. The fourth-order valence-electron chi connectivity index (χ4n) is 2.21. The molecule has 0 bridgehead atoms. The summed E-state index contributed by atoms with van der Waals surface area (Å²) in [5.41, 5.74) is 5.26. The number of hydrogen-bond acceptors (Lipinski definition) is 5. The molecule has 0 unspecified atom stereocenters. The number of rotatable bonds is 3. The second-order valence-electron chi connectivity index (χ2n) is 4.71. The first kappa shape index (κ1) is 14.4. The van der Waals surface area contributed by atoms with Crippen molar-refractivity contribution in [2.24, 2.45) is 5.73 Å². The average molecular weight is 297 g/mol. The van der Waals surface area contributed by atoms with Crippen molar-refractivity contribution in [1.82, 2.24) is 9.88 Å². The lowest BCUT2D eigenvalue weighted by atomic mass is 10.2. The first-order valence-corrected chi connectivity index (χ1v) is 7.96. The third-order valence-corrected chi connectivity index (χ3v) is 4.33. The van der Waals surface area contributed by atoms with E-state index in [1.165, 1.54) is 23.2 Å². The molecule has 1 fully saturated rings. The lowest BCUT2D eigenvalue weighted by Gasteiger charge is -2.21. The van der Waals surface area contributed by atoms with E-state index in [1.54, 1.807) is 0 Å². The fraction of sp³-hybridized carbons (Fsp3) is 0.417. The molecule has 1 atom stereocenters. The molecule has 2 N–H and O–H groups in total. The lowest BCUT2D eigenvalue weighted by molar-refractivity contribution is -0.121. The van der Waals surface area contributed by atoms with Gasteiger partial charge in [-0.25, -0.2) is 8.42 Å². The fourth-order valence-corrected chi connectivity index (χ4v) is 2.85. The number of aromatic nitrogens is 1. The Labute approximate surface area is 116 Å². The molecular formula is C12H15N3O4S. The van der Waals surface area contributed by atoms with Crippen LogP contribution in [0.3, 0.4) is 0 Å². The summed E-state index contributed by atoms with van der Waals surface area (Å²) in [7, 11) is -3.41. The molecule has 20 heavy (non-hydrogen) atoms. The summed E-state index contributed by atoms with van der Waals surface area (Å²) in [6.45, 7) is 0.414. The quantitative estimate of drug-likeness (QED) is 0.814. The SMILES string of the molecule is CS(=O)(=O)c1ccnc(C(=O)N2CCC[C@@H]2C(N)=O)c1. The van der Waals surface area contributed by atoms with E-state index in [-0.39, 0.29) is 10.6 Å². The molecule has 108 valence electrons. The molecule has 0 aliphatic carbocycles. The normalized spacial score (nSPS) is 19.1. The highest BCUT2D eigenvalue weighted by atomic mass is 32.2. The highest BCUT2D eigenvalue weighted by Gasteiger charge is 2.33. The number of nitrogens with two attached hydrogens (primary N) is 1. The Kier molecular flexibility index (Phi) is 3.76. The third kappa shape index (κ3) is 2.79. The van der Waals surface area contributed by atoms with E-state index in [1.807, 2.05) is 0 Å². The van der Waals surface area contributed by atoms with E-state index in [0.29, 0.717) is 19.4 Å². The van der Waals surface area contributed by atoms with Crippen LogP contribution < -0.4 is 5.73 Å². The topological polar surface area (TPSA) is 110 Å². The monoisotopic (exact) mass is 297 g/mol. The van der Waals surface area contributed by atoms with Crippen LogP contribution in [0.15, 0.2) is 23.2 Å².